The summed E-state index contributed by atoms with van der Waals surface area (Å²) in [5, 5.41) is 5.14. The molecule has 0 bridgehead atoms. The second kappa shape index (κ2) is 11.2. The summed E-state index contributed by atoms with van der Waals surface area (Å²) in [6.07, 6.45) is -9.38. The molecule has 0 aliphatic heterocycles. The minimum atomic E-state index is -4.86. The number of benzene rings is 1. The summed E-state index contributed by atoms with van der Waals surface area (Å²) < 4.78 is 77.8. The molecule has 160 valence electrons. The molecule has 0 radical (unpaired) electrons. The van der Waals surface area contributed by atoms with Gasteiger partial charge in [0.2, 0.25) is 5.91 Å². The normalized spacial score (nSPS) is 12.1. The van der Waals surface area contributed by atoms with E-state index in [4.69, 9.17) is 0 Å². The zero-order valence-corrected chi connectivity index (χ0v) is 17.1. The Balaban J connectivity index is 0.00000729. The molecular formula is C15H19F6IN4O2. The van der Waals surface area contributed by atoms with E-state index in [2.05, 4.69) is 20.4 Å². The number of amides is 1. The molecule has 13 heteroatoms. The topological polar surface area (TPSA) is 66.0 Å². The number of aliphatic imine (C=N–C) groups is 1. The number of nitrogens with one attached hydrogen (secondary N) is 2. The minimum Gasteiger partial charge on any atom is -0.405 e. The molecule has 1 amide bonds. The summed E-state index contributed by atoms with van der Waals surface area (Å²) in [4.78, 5) is 15.9. The van der Waals surface area contributed by atoms with Crippen molar-refractivity contribution in [2.24, 2.45) is 4.99 Å². The van der Waals surface area contributed by atoms with Gasteiger partial charge in [-0.1, -0.05) is 18.2 Å². The first-order valence-electron chi connectivity index (χ1n) is 7.50. The maximum absolute atomic E-state index is 12.4. The third kappa shape index (κ3) is 10.4. The SMILES string of the molecule is CN=C(NCC(=O)N(C)CC(F)(F)F)NCc1ccccc1OC(F)(F)F.I. The van der Waals surface area contributed by atoms with Crippen molar-refractivity contribution < 1.29 is 35.9 Å². The number of ether oxygens (including phenoxy) is 1. The van der Waals surface area contributed by atoms with Gasteiger partial charge in [-0.15, -0.1) is 37.1 Å². The summed E-state index contributed by atoms with van der Waals surface area (Å²) in [5.74, 6) is -1.23. The van der Waals surface area contributed by atoms with Crippen molar-refractivity contribution in [3.8, 4) is 5.75 Å². The van der Waals surface area contributed by atoms with Gasteiger partial charge in [0.15, 0.2) is 5.96 Å². The average molecular weight is 528 g/mol. The lowest BCUT2D eigenvalue weighted by atomic mass is 10.2. The van der Waals surface area contributed by atoms with Gasteiger partial charge in [0.1, 0.15) is 12.3 Å². The highest BCUT2D eigenvalue weighted by Crippen LogP contribution is 2.26. The number of guanidine groups is 1. The fourth-order valence-electron chi connectivity index (χ4n) is 1.93. The summed E-state index contributed by atoms with van der Waals surface area (Å²) in [5.41, 5.74) is 0.165. The van der Waals surface area contributed by atoms with Crippen LogP contribution in [0.5, 0.6) is 5.75 Å². The molecule has 0 saturated heterocycles. The fourth-order valence-corrected chi connectivity index (χ4v) is 1.93. The predicted molar refractivity (Wildman–Crippen MR) is 100 cm³/mol. The van der Waals surface area contributed by atoms with Crippen LogP contribution in [0.15, 0.2) is 29.3 Å². The van der Waals surface area contributed by atoms with Gasteiger partial charge in [0.25, 0.3) is 0 Å². The molecule has 2 N–H and O–H groups in total. The number of likely N-dealkylation sites (N-methyl/N-ethyl adjacent to an activating group) is 1. The van der Waals surface area contributed by atoms with E-state index in [-0.39, 0.29) is 42.0 Å². The second-order valence-electron chi connectivity index (χ2n) is 5.30. The Morgan fingerprint density at radius 2 is 1.75 bits per heavy atom. The molecule has 1 rings (SSSR count). The molecule has 28 heavy (non-hydrogen) atoms. The zero-order chi connectivity index (χ0) is 20.7. The van der Waals surface area contributed by atoms with Crippen molar-refractivity contribution in [2.45, 2.75) is 19.1 Å². The lowest BCUT2D eigenvalue weighted by Crippen LogP contribution is -2.45. The monoisotopic (exact) mass is 528 g/mol. The molecule has 6 nitrogen and oxygen atoms in total. The number of para-hydroxylation sites is 1. The van der Waals surface area contributed by atoms with Crippen LogP contribution in [0, 0.1) is 0 Å². The van der Waals surface area contributed by atoms with Crippen LogP contribution in [0.2, 0.25) is 0 Å². The van der Waals surface area contributed by atoms with E-state index < -0.39 is 37.3 Å². The number of carbonyl (C=O) groups is 1. The van der Waals surface area contributed by atoms with Gasteiger partial charge in [-0.3, -0.25) is 9.79 Å². The molecule has 0 heterocycles. The molecule has 0 aromatic heterocycles. The van der Waals surface area contributed by atoms with Crippen molar-refractivity contribution in [3.63, 3.8) is 0 Å². The van der Waals surface area contributed by atoms with Crippen LogP contribution in [-0.2, 0) is 11.3 Å². The van der Waals surface area contributed by atoms with Gasteiger partial charge in [-0.2, -0.15) is 13.2 Å². The predicted octanol–water partition coefficient (Wildman–Crippen LogP) is 2.89. The number of hydrogen-bond donors (Lipinski definition) is 2. The first-order chi connectivity index (χ1) is 12.4. The smallest absolute Gasteiger partial charge is 0.405 e. The maximum Gasteiger partial charge on any atom is 0.573 e. The molecule has 0 aliphatic rings. The van der Waals surface area contributed by atoms with E-state index in [1.165, 1.54) is 25.2 Å². The van der Waals surface area contributed by atoms with Gasteiger partial charge in [0.05, 0.1) is 6.54 Å². The van der Waals surface area contributed by atoms with Crippen molar-refractivity contribution in [2.75, 3.05) is 27.2 Å². The van der Waals surface area contributed by atoms with E-state index in [0.29, 0.717) is 4.90 Å². The number of carbonyl (C=O) groups excluding carboxylic acids is 1. The van der Waals surface area contributed by atoms with Gasteiger partial charge < -0.3 is 20.3 Å². The third-order valence-electron chi connectivity index (χ3n) is 3.12. The van der Waals surface area contributed by atoms with Crippen molar-refractivity contribution in [1.82, 2.24) is 15.5 Å². The van der Waals surface area contributed by atoms with E-state index >= 15 is 0 Å². The molecule has 0 spiro atoms. The summed E-state index contributed by atoms with van der Waals surface area (Å²) in [6.45, 7) is -2.01. The van der Waals surface area contributed by atoms with Crippen molar-refractivity contribution in [1.29, 1.82) is 0 Å². The zero-order valence-electron chi connectivity index (χ0n) is 14.8. The molecule has 0 unspecified atom stereocenters. The summed E-state index contributed by atoms with van der Waals surface area (Å²) >= 11 is 0. The third-order valence-corrected chi connectivity index (χ3v) is 3.12. The average Bonchev–Trinajstić information content (AvgIpc) is 2.53. The van der Waals surface area contributed by atoms with Gasteiger partial charge >= 0.3 is 12.5 Å². The molecular weight excluding hydrogens is 509 g/mol. The van der Waals surface area contributed by atoms with E-state index in [1.54, 1.807) is 0 Å². The number of rotatable bonds is 6. The van der Waals surface area contributed by atoms with E-state index in [1.807, 2.05) is 0 Å². The molecule has 0 saturated carbocycles. The van der Waals surface area contributed by atoms with Crippen molar-refractivity contribution in [3.05, 3.63) is 29.8 Å². The Morgan fingerprint density at radius 3 is 2.29 bits per heavy atom. The van der Waals surface area contributed by atoms with E-state index in [0.717, 1.165) is 13.1 Å². The first kappa shape index (κ1) is 26.1. The second-order valence-corrected chi connectivity index (χ2v) is 5.30. The number of nitrogens with zero attached hydrogens (tertiary/aromatic N) is 2. The maximum atomic E-state index is 12.4. The number of alkyl halides is 6. The Labute approximate surface area is 174 Å². The van der Waals surface area contributed by atoms with Crippen LogP contribution in [-0.4, -0.2) is 56.5 Å². The lowest BCUT2D eigenvalue weighted by molar-refractivity contribution is -0.274. The van der Waals surface area contributed by atoms with Crippen molar-refractivity contribution >= 4 is 35.8 Å². The highest BCUT2D eigenvalue weighted by molar-refractivity contribution is 14.0. The first-order valence-corrected chi connectivity index (χ1v) is 7.50. The quantitative estimate of drug-likeness (QED) is 0.258. The minimum absolute atomic E-state index is 0. The van der Waals surface area contributed by atoms with Gasteiger partial charge in [0, 0.05) is 26.2 Å². The van der Waals surface area contributed by atoms with Crippen LogP contribution < -0.4 is 15.4 Å². The van der Waals surface area contributed by atoms with Crippen LogP contribution in [0.4, 0.5) is 26.3 Å². The summed E-state index contributed by atoms with van der Waals surface area (Å²) in [6, 6.07) is 5.40. The largest absolute Gasteiger partial charge is 0.573 e. The van der Waals surface area contributed by atoms with Crippen LogP contribution >= 0.6 is 24.0 Å². The Hall–Kier alpha value is -1.93. The molecule has 0 atom stereocenters. The molecule has 0 fully saturated rings. The molecule has 1 aromatic carbocycles. The lowest BCUT2D eigenvalue weighted by Gasteiger charge is -2.20. The van der Waals surface area contributed by atoms with E-state index in [9.17, 15) is 31.1 Å². The number of hydrogen-bond acceptors (Lipinski definition) is 3. The van der Waals surface area contributed by atoms with Gasteiger partial charge in [-0.25, -0.2) is 0 Å². The highest BCUT2D eigenvalue weighted by atomic mass is 127. The number of halogens is 7. The van der Waals surface area contributed by atoms with Crippen LogP contribution in [0.1, 0.15) is 5.56 Å². The van der Waals surface area contributed by atoms with Gasteiger partial charge in [-0.05, 0) is 6.07 Å². The standard InChI is InChI=1S/C15H18F6N4O2.HI/c1-22-13(24-8-12(26)25(2)9-14(16,17)18)23-7-10-5-3-4-6-11(10)27-15(19,20)21;/h3-6H,7-9H2,1-2H3,(H2,22,23,24);1H. The molecule has 1 aromatic rings. The Morgan fingerprint density at radius 1 is 1.14 bits per heavy atom. The molecule has 0 aliphatic carbocycles. The Bertz CT molecular complexity index is 667. The summed E-state index contributed by atoms with van der Waals surface area (Å²) in [7, 11) is 2.33. The van der Waals surface area contributed by atoms with Crippen LogP contribution in [0.3, 0.4) is 0 Å². The highest BCUT2D eigenvalue weighted by Gasteiger charge is 2.32. The van der Waals surface area contributed by atoms with Crippen LogP contribution in [0.25, 0.3) is 0 Å². The fraction of sp³-hybridized carbons (Fsp3) is 0.467. The Kier molecular flexibility index (Phi) is 10.4.